The Bertz CT molecular complexity index is 1290. The number of rotatable bonds is 2. The molecule has 5 nitrogen and oxygen atoms in total. The molecule has 1 atom stereocenters. The molecule has 0 aliphatic carbocycles. The number of aromatic nitrogens is 1. The molecule has 1 amide bonds. The van der Waals surface area contributed by atoms with Gasteiger partial charge in [-0.05, 0) is 31.5 Å². The number of carbonyl (C=O) groups is 1. The van der Waals surface area contributed by atoms with E-state index < -0.39 is 6.04 Å². The van der Waals surface area contributed by atoms with E-state index in [2.05, 4.69) is 4.98 Å². The lowest BCUT2D eigenvalue weighted by molar-refractivity contribution is 0.0971. The van der Waals surface area contributed by atoms with E-state index in [4.69, 9.17) is 4.42 Å². The lowest BCUT2D eigenvalue weighted by Gasteiger charge is -2.22. The van der Waals surface area contributed by atoms with Crippen molar-refractivity contribution in [2.24, 2.45) is 0 Å². The zero-order chi connectivity index (χ0) is 19.4. The molecular weight excluding hydrogens is 372 g/mol. The number of carbonyl (C=O) groups excluding carboxylic acids is 1. The van der Waals surface area contributed by atoms with Gasteiger partial charge in [-0.15, -0.1) is 11.3 Å². The first kappa shape index (κ1) is 16.9. The maximum Gasteiger partial charge on any atom is 0.297 e. The van der Waals surface area contributed by atoms with E-state index in [0.29, 0.717) is 21.7 Å². The van der Waals surface area contributed by atoms with Gasteiger partial charge in [-0.25, -0.2) is 4.98 Å². The minimum atomic E-state index is -0.560. The third-order valence-corrected chi connectivity index (χ3v) is 5.91. The minimum Gasteiger partial charge on any atom is -0.450 e. The number of aryl methyl sites for hydroxylation is 2. The van der Waals surface area contributed by atoms with E-state index >= 15 is 0 Å². The zero-order valence-corrected chi connectivity index (χ0v) is 16.1. The highest BCUT2D eigenvalue weighted by atomic mass is 32.1. The summed E-state index contributed by atoms with van der Waals surface area (Å²) in [6.45, 7) is 3.81. The number of anilines is 1. The number of benzene rings is 2. The van der Waals surface area contributed by atoms with Crippen LogP contribution >= 0.6 is 11.3 Å². The highest BCUT2D eigenvalue weighted by Crippen LogP contribution is 2.42. The number of nitrogens with zero attached hydrogens (tertiary/aromatic N) is 2. The van der Waals surface area contributed by atoms with Crippen molar-refractivity contribution in [3.63, 3.8) is 0 Å². The van der Waals surface area contributed by atoms with Gasteiger partial charge in [0.15, 0.2) is 10.6 Å². The molecule has 0 saturated heterocycles. The maximum absolute atomic E-state index is 13.4. The average Bonchev–Trinajstić information content (AvgIpc) is 3.24. The van der Waals surface area contributed by atoms with Gasteiger partial charge < -0.3 is 4.42 Å². The lowest BCUT2D eigenvalue weighted by atomic mass is 9.98. The van der Waals surface area contributed by atoms with Crippen molar-refractivity contribution >= 4 is 33.3 Å². The first-order valence-corrected chi connectivity index (χ1v) is 9.80. The van der Waals surface area contributed by atoms with Crippen LogP contribution in [0.3, 0.4) is 0 Å². The Morgan fingerprint density at radius 2 is 1.86 bits per heavy atom. The van der Waals surface area contributed by atoms with Gasteiger partial charge in [-0.3, -0.25) is 14.5 Å². The Hall–Kier alpha value is -3.25. The van der Waals surface area contributed by atoms with Crippen LogP contribution in [0, 0.1) is 13.8 Å². The topological polar surface area (TPSA) is 63.4 Å². The molecule has 0 N–H and O–H groups in total. The summed E-state index contributed by atoms with van der Waals surface area (Å²) in [6, 6.07) is 14.4. The summed E-state index contributed by atoms with van der Waals surface area (Å²) in [5, 5.41) is 2.94. The Labute approximate surface area is 164 Å². The Kier molecular flexibility index (Phi) is 3.70. The Morgan fingerprint density at radius 1 is 1.07 bits per heavy atom. The molecule has 0 radical (unpaired) electrons. The van der Waals surface area contributed by atoms with Gasteiger partial charge in [0.05, 0.1) is 22.7 Å². The number of hydrogen-bond donors (Lipinski definition) is 0. The summed E-state index contributed by atoms with van der Waals surface area (Å²) >= 11 is 1.38. The molecule has 1 aliphatic rings. The van der Waals surface area contributed by atoms with Crippen molar-refractivity contribution < 1.29 is 9.21 Å². The lowest BCUT2D eigenvalue weighted by Crippen LogP contribution is -2.29. The molecular formula is C22H16N2O3S. The summed E-state index contributed by atoms with van der Waals surface area (Å²) in [7, 11) is 0. The fraction of sp³-hybridized carbons (Fsp3) is 0.136. The Balaban J connectivity index is 1.84. The molecule has 0 fully saturated rings. The predicted octanol–water partition coefficient (Wildman–Crippen LogP) is 4.62. The van der Waals surface area contributed by atoms with E-state index in [9.17, 15) is 9.59 Å². The molecule has 0 bridgehead atoms. The number of amides is 1. The largest absolute Gasteiger partial charge is 0.450 e. The molecule has 1 aliphatic heterocycles. The number of hydrogen-bond acceptors (Lipinski definition) is 5. The molecule has 0 saturated carbocycles. The summed E-state index contributed by atoms with van der Waals surface area (Å²) < 4.78 is 5.95. The molecule has 2 aromatic carbocycles. The quantitative estimate of drug-likeness (QED) is 0.503. The average molecular weight is 388 g/mol. The van der Waals surface area contributed by atoms with Gasteiger partial charge in [0.1, 0.15) is 5.58 Å². The number of thiazole rings is 1. The van der Waals surface area contributed by atoms with Gasteiger partial charge in [-0.2, -0.15) is 0 Å². The van der Waals surface area contributed by atoms with Crippen molar-refractivity contribution in [3.05, 3.63) is 92.3 Å². The smallest absolute Gasteiger partial charge is 0.297 e. The van der Waals surface area contributed by atoms with Crippen molar-refractivity contribution in [1.29, 1.82) is 0 Å². The van der Waals surface area contributed by atoms with Crippen molar-refractivity contribution in [2.45, 2.75) is 19.9 Å². The van der Waals surface area contributed by atoms with E-state index in [0.717, 1.165) is 16.8 Å². The van der Waals surface area contributed by atoms with Crippen LogP contribution < -0.4 is 10.3 Å². The van der Waals surface area contributed by atoms with Crippen LogP contribution in [0.2, 0.25) is 0 Å². The fourth-order valence-electron chi connectivity index (χ4n) is 3.69. The van der Waals surface area contributed by atoms with Crippen LogP contribution in [0.1, 0.15) is 39.0 Å². The zero-order valence-electron chi connectivity index (χ0n) is 15.3. The Morgan fingerprint density at radius 3 is 2.57 bits per heavy atom. The van der Waals surface area contributed by atoms with Crippen molar-refractivity contribution in [3.8, 4) is 0 Å². The van der Waals surface area contributed by atoms with E-state index in [1.54, 1.807) is 11.0 Å². The summed E-state index contributed by atoms with van der Waals surface area (Å²) in [4.78, 5) is 32.8. The van der Waals surface area contributed by atoms with Crippen LogP contribution in [0.15, 0.2) is 63.1 Å². The maximum atomic E-state index is 13.4. The summed E-state index contributed by atoms with van der Waals surface area (Å²) in [5.41, 5.74) is 3.27. The molecule has 2 aromatic heterocycles. The molecule has 138 valence electrons. The van der Waals surface area contributed by atoms with Gasteiger partial charge in [-0.1, -0.05) is 42.0 Å². The highest BCUT2D eigenvalue weighted by molar-refractivity contribution is 7.14. The van der Waals surface area contributed by atoms with Crippen LogP contribution in [0.25, 0.3) is 11.0 Å². The van der Waals surface area contributed by atoms with E-state index in [1.165, 1.54) is 11.3 Å². The molecule has 0 spiro atoms. The van der Waals surface area contributed by atoms with Gasteiger partial charge >= 0.3 is 0 Å². The van der Waals surface area contributed by atoms with Crippen LogP contribution in [-0.4, -0.2) is 10.9 Å². The minimum absolute atomic E-state index is 0.100. The summed E-state index contributed by atoms with van der Waals surface area (Å²) in [6.07, 6.45) is 0. The van der Waals surface area contributed by atoms with Crippen molar-refractivity contribution in [2.75, 3.05) is 4.90 Å². The first-order valence-electron chi connectivity index (χ1n) is 8.92. The van der Waals surface area contributed by atoms with Crippen LogP contribution in [-0.2, 0) is 0 Å². The SMILES string of the molecule is Cc1ccc2oc3c(c(=O)c2c1)C(c1ccccc1)N(c1nc(C)cs1)C3=O. The first-order chi connectivity index (χ1) is 13.5. The second-order valence-electron chi connectivity index (χ2n) is 6.93. The van der Waals surface area contributed by atoms with Gasteiger partial charge in [0, 0.05) is 5.38 Å². The van der Waals surface area contributed by atoms with Gasteiger partial charge in [0.25, 0.3) is 5.91 Å². The fourth-order valence-corrected chi connectivity index (χ4v) is 4.51. The highest BCUT2D eigenvalue weighted by Gasteiger charge is 2.44. The predicted molar refractivity (Wildman–Crippen MR) is 109 cm³/mol. The molecule has 6 heteroatoms. The second kappa shape index (κ2) is 6.14. The van der Waals surface area contributed by atoms with E-state index in [-0.39, 0.29) is 17.1 Å². The standard InChI is InChI=1S/C22H16N2O3S/c1-12-8-9-16-15(10-12)19(25)17-18(14-6-4-3-5-7-14)24(21(26)20(17)27-16)22-23-13(2)11-28-22/h3-11,18H,1-2H3. The summed E-state index contributed by atoms with van der Waals surface area (Å²) in [5.74, 6) is -0.235. The normalized spacial score (nSPS) is 16.0. The number of fused-ring (bicyclic) bond motifs is 2. The van der Waals surface area contributed by atoms with Crippen molar-refractivity contribution in [1.82, 2.24) is 4.98 Å². The molecule has 28 heavy (non-hydrogen) atoms. The second-order valence-corrected chi connectivity index (χ2v) is 7.77. The third-order valence-electron chi connectivity index (χ3n) is 4.95. The van der Waals surface area contributed by atoms with Crippen LogP contribution in [0.5, 0.6) is 0 Å². The molecule has 1 unspecified atom stereocenters. The molecule has 5 rings (SSSR count). The monoisotopic (exact) mass is 388 g/mol. The third kappa shape index (κ3) is 2.42. The molecule has 4 aromatic rings. The molecule has 3 heterocycles. The van der Waals surface area contributed by atoms with Crippen LogP contribution in [0.4, 0.5) is 5.13 Å². The van der Waals surface area contributed by atoms with Gasteiger partial charge in [0.2, 0.25) is 5.76 Å². The van der Waals surface area contributed by atoms with E-state index in [1.807, 2.05) is 61.7 Å².